The second kappa shape index (κ2) is 6.53. The number of nitriles is 1. The third kappa shape index (κ3) is 3.17. The minimum Gasteiger partial charge on any atom is -0.369 e. The van der Waals surface area contributed by atoms with Gasteiger partial charge in [0.1, 0.15) is 10.9 Å². The molecule has 2 atom stereocenters. The molecule has 0 radical (unpaired) electrons. The van der Waals surface area contributed by atoms with E-state index in [1.54, 1.807) is 11.4 Å². The summed E-state index contributed by atoms with van der Waals surface area (Å²) >= 11 is 1.23. The number of primary amides is 1. The monoisotopic (exact) mass is 291 g/mol. The number of hydrogen-bond acceptors (Lipinski definition) is 4. The Labute approximate surface area is 121 Å². The Morgan fingerprint density at radius 1 is 1.35 bits per heavy atom. The van der Waals surface area contributed by atoms with E-state index in [0.717, 1.165) is 32.1 Å². The number of carbonyl (C=O) groups excluding carboxylic acids is 2. The van der Waals surface area contributed by atoms with Gasteiger partial charge in [0.15, 0.2) is 0 Å². The van der Waals surface area contributed by atoms with Crippen LogP contribution in [0.25, 0.3) is 0 Å². The summed E-state index contributed by atoms with van der Waals surface area (Å²) in [6.07, 6.45) is 4.47. The van der Waals surface area contributed by atoms with Crippen LogP contribution in [0.4, 0.5) is 0 Å². The Bertz CT molecular complexity index is 547. The highest BCUT2D eigenvalue weighted by Crippen LogP contribution is 2.24. The lowest BCUT2D eigenvalue weighted by Crippen LogP contribution is -2.44. The fraction of sp³-hybridized carbons (Fsp3) is 0.500. The second-order valence-corrected chi connectivity index (χ2v) is 5.92. The summed E-state index contributed by atoms with van der Waals surface area (Å²) in [4.78, 5) is 24.2. The molecule has 1 saturated carbocycles. The van der Waals surface area contributed by atoms with Gasteiger partial charge in [-0.2, -0.15) is 5.26 Å². The summed E-state index contributed by atoms with van der Waals surface area (Å²) in [5.41, 5.74) is 5.81. The number of rotatable bonds is 3. The van der Waals surface area contributed by atoms with Crippen LogP contribution in [-0.2, 0) is 4.79 Å². The summed E-state index contributed by atoms with van der Waals surface area (Å²) in [5, 5.41) is 13.6. The Morgan fingerprint density at radius 2 is 2.10 bits per heavy atom. The Kier molecular flexibility index (Phi) is 4.74. The van der Waals surface area contributed by atoms with Gasteiger partial charge in [-0.05, 0) is 24.3 Å². The van der Waals surface area contributed by atoms with Gasteiger partial charge in [0, 0.05) is 6.04 Å². The van der Waals surface area contributed by atoms with Gasteiger partial charge in [-0.1, -0.05) is 19.3 Å². The zero-order valence-electron chi connectivity index (χ0n) is 11.1. The molecule has 1 heterocycles. The van der Waals surface area contributed by atoms with E-state index >= 15 is 0 Å². The summed E-state index contributed by atoms with van der Waals surface area (Å²) in [5.74, 6) is -0.953. The summed E-state index contributed by atoms with van der Waals surface area (Å²) < 4.78 is 0. The minimum atomic E-state index is -0.358. The van der Waals surface area contributed by atoms with Crippen LogP contribution in [0.5, 0.6) is 0 Å². The van der Waals surface area contributed by atoms with Crippen molar-refractivity contribution in [1.82, 2.24) is 5.32 Å². The number of hydrogen-bond donors (Lipinski definition) is 2. The number of carbonyl (C=O) groups is 2. The molecule has 1 fully saturated rings. The third-order valence-electron chi connectivity index (χ3n) is 3.69. The number of nitrogens with zero attached hydrogens (tertiary/aromatic N) is 1. The standard InChI is InChI=1S/C14H17N3O2S/c15-8-9-6-7-20-12(9)14(19)17-11-5-3-1-2-4-10(11)13(16)18/h6-7,10-11H,1-5H2,(H2,16,18)(H,17,19)/t10-,11-/m1/s1. The zero-order valence-corrected chi connectivity index (χ0v) is 11.9. The Balaban J connectivity index is 2.12. The maximum Gasteiger partial charge on any atom is 0.262 e. The first kappa shape index (κ1) is 14.5. The number of thiophene rings is 1. The van der Waals surface area contributed by atoms with Crippen LogP contribution >= 0.6 is 11.3 Å². The minimum absolute atomic E-state index is 0.226. The van der Waals surface area contributed by atoms with Crippen molar-refractivity contribution in [1.29, 1.82) is 5.26 Å². The van der Waals surface area contributed by atoms with Crippen molar-refractivity contribution in [3.63, 3.8) is 0 Å². The largest absolute Gasteiger partial charge is 0.369 e. The molecule has 106 valence electrons. The summed E-state index contributed by atoms with van der Waals surface area (Å²) in [6.45, 7) is 0. The van der Waals surface area contributed by atoms with E-state index in [0.29, 0.717) is 10.4 Å². The van der Waals surface area contributed by atoms with Crippen molar-refractivity contribution >= 4 is 23.2 Å². The molecule has 1 aliphatic rings. The van der Waals surface area contributed by atoms with Gasteiger partial charge in [-0.15, -0.1) is 11.3 Å². The van der Waals surface area contributed by atoms with Crippen LogP contribution in [0.2, 0.25) is 0 Å². The quantitative estimate of drug-likeness (QED) is 0.831. The zero-order chi connectivity index (χ0) is 14.5. The topological polar surface area (TPSA) is 96.0 Å². The van der Waals surface area contributed by atoms with Crippen LogP contribution in [0.1, 0.15) is 47.3 Å². The molecule has 6 heteroatoms. The fourth-order valence-electron chi connectivity index (χ4n) is 2.63. The maximum atomic E-state index is 12.2. The van der Waals surface area contributed by atoms with Gasteiger partial charge in [-0.3, -0.25) is 9.59 Å². The molecule has 3 N–H and O–H groups in total. The van der Waals surface area contributed by atoms with Gasteiger partial charge >= 0.3 is 0 Å². The van der Waals surface area contributed by atoms with E-state index < -0.39 is 0 Å². The average molecular weight is 291 g/mol. The Hall–Kier alpha value is -1.87. The van der Waals surface area contributed by atoms with Crippen LogP contribution in [0.15, 0.2) is 11.4 Å². The van der Waals surface area contributed by atoms with Gasteiger partial charge in [0.2, 0.25) is 5.91 Å². The number of amides is 2. The van der Waals surface area contributed by atoms with Crippen molar-refractivity contribution in [3.8, 4) is 6.07 Å². The lowest BCUT2D eigenvalue weighted by atomic mass is 9.94. The fourth-order valence-corrected chi connectivity index (χ4v) is 3.37. The van der Waals surface area contributed by atoms with E-state index in [2.05, 4.69) is 5.32 Å². The maximum absolute atomic E-state index is 12.2. The molecular formula is C14H17N3O2S. The van der Waals surface area contributed by atoms with Crippen LogP contribution in [0, 0.1) is 17.2 Å². The highest BCUT2D eigenvalue weighted by molar-refractivity contribution is 7.12. The first-order chi connectivity index (χ1) is 9.63. The van der Waals surface area contributed by atoms with Gasteiger partial charge in [0.25, 0.3) is 5.91 Å². The predicted molar refractivity (Wildman–Crippen MR) is 76.1 cm³/mol. The molecule has 1 aromatic heterocycles. The summed E-state index contributed by atoms with van der Waals surface area (Å²) in [7, 11) is 0. The van der Waals surface area contributed by atoms with Crippen molar-refractivity contribution in [2.75, 3.05) is 0 Å². The number of nitrogens with one attached hydrogen (secondary N) is 1. The van der Waals surface area contributed by atoms with Crippen LogP contribution < -0.4 is 11.1 Å². The molecule has 5 nitrogen and oxygen atoms in total. The lowest BCUT2D eigenvalue weighted by molar-refractivity contribution is -0.122. The normalized spacial score (nSPS) is 22.6. The molecular weight excluding hydrogens is 274 g/mol. The molecule has 1 aliphatic carbocycles. The summed E-state index contributed by atoms with van der Waals surface area (Å²) in [6, 6.07) is 3.40. The SMILES string of the molecule is N#Cc1ccsc1C(=O)N[C@@H]1CCCCC[C@H]1C(N)=O. The van der Waals surface area contributed by atoms with E-state index in [1.165, 1.54) is 11.3 Å². The Morgan fingerprint density at radius 3 is 2.80 bits per heavy atom. The second-order valence-electron chi connectivity index (χ2n) is 5.00. The van der Waals surface area contributed by atoms with Crippen LogP contribution in [-0.4, -0.2) is 17.9 Å². The van der Waals surface area contributed by atoms with Gasteiger partial charge in [-0.25, -0.2) is 0 Å². The van der Waals surface area contributed by atoms with E-state index in [-0.39, 0.29) is 23.8 Å². The molecule has 0 aliphatic heterocycles. The molecule has 0 spiro atoms. The first-order valence-corrected chi connectivity index (χ1v) is 7.59. The molecule has 0 saturated heterocycles. The molecule has 1 aromatic rings. The van der Waals surface area contributed by atoms with E-state index in [9.17, 15) is 9.59 Å². The van der Waals surface area contributed by atoms with Crippen molar-refractivity contribution in [2.45, 2.75) is 38.1 Å². The molecule has 2 amide bonds. The molecule has 0 unspecified atom stereocenters. The van der Waals surface area contributed by atoms with Crippen molar-refractivity contribution < 1.29 is 9.59 Å². The molecule has 2 rings (SSSR count). The first-order valence-electron chi connectivity index (χ1n) is 6.71. The van der Waals surface area contributed by atoms with Crippen molar-refractivity contribution in [2.24, 2.45) is 11.7 Å². The highest BCUT2D eigenvalue weighted by Gasteiger charge is 2.30. The number of nitrogens with two attached hydrogens (primary N) is 1. The van der Waals surface area contributed by atoms with E-state index in [4.69, 9.17) is 11.0 Å². The average Bonchev–Trinajstić information content (AvgIpc) is 2.78. The predicted octanol–water partition coefficient (Wildman–Crippen LogP) is 1.78. The van der Waals surface area contributed by atoms with Gasteiger partial charge < -0.3 is 11.1 Å². The molecule has 0 aromatic carbocycles. The van der Waals surface area contributed by atoms with E-state index in [1.807, 2.05) is 6.07 Å². The third-order valence-corrected chi connectivity index (χ3v) is 4.60. The highest BCUT2D eigenvalue weighted by atomic mass is 32.1. The van der Waals surface area contributed by atoms with Crippen molar-refractivity contribution in [3.05, 3.63) is 21.9 Å². The smallest absolute Gasteiger partial charge is 0.262 e. The molecule has 0 bridgehead atoms. The van der Waals surface area contributed by atoms with Crippen LogP contribution in [0.3, 0.4) is 0 Å². The molecule has 20 heavy (non-hydrogen) atoms. The lowest BCUT2D eigenvalue weighted by Gasteiger charge is -2.23. The van der Waals surface area contributed by atoms with Gasteiger partial charge in [0.05, 0.1) is 11.5 Å².